The van der Waals surface area contributed by atoms with Crippen LogP contribution in [-0.4, -0.2) is 62.9 Å². The van der Waals surface area contributed by atoms with E-state index in [-0.39, 0.29) is 5.24 Å². The number of carboxylic acids is 1. The third-order valence-corrected chi connectivity index (χ3v) is 7.12. The molecule has 1 aliphatic rings. The molecule has 0 spiro atoms. The van der Waals surface area contributed by atoms with Crippen LogP contribution in [0.3, 0.4) is 0 Å². The highest BCUT2D eigenvalue weighted by atomic mass is 79.9. The summed E-state index contributed by atoms with van der Waals surface area (Å²) in [6, 6.07) is 11.3. The van der Waals surface area contributed by atoms with Gasteiger partial charge in [-0.05, 0) is 42.7 Å². The number of carboxylic acid groups (broad SMARTS) is 1. The molecule has 1 atom stereocenters. The molecule has 2 heterocycles. The molecule has 2 aromatic rings. The van der Waals surface area contributed by atoms with Gasteiger partial charge < -0.3 is 10.2 Å². The molecule has 156 valence electrons. The summed E-state index contributed by atoms with van der Waals surface area (Å²) in [5, 5.41) is 23.2. The zero-order chi connectivity index (χ0) is 20.8. The molecule has 1 aliphatic heterocycles. The van der Waals surface area contributed by atoms with Gasteiger partial charge in [0.25, 0.3) is 5.24 Å². The Morgan fingerprint density at radius 3 is 2.79 bits per heavy atom. The number of hydrazine groups is 1. The van der Waals surface area contributed by atoms with Crippen molar-refractivity contribution in [1.82, 2.24) is 10.0 Å². The highest BCUT2D eigenvalue weighted by molar-refractivity contribution is 9.10. The Hall–Kier alpha value is -1.39. The second-order valence-corrected chi connectivity index (χ2v) is 9.92. The van der Waals surface area contributed by atoms with E-state index in [0.717, 1.165) is 27.2 Å². The summed E-state index contributed by atoms with van der Waals surface area (Å²) >= 11 is 5.99. The van der Waals surface area contributed by atoms with Crippen molar-refractivity contribution in [1.29, 1.82) is 0 Å². The van der Waals surface area contributed by atoms with Gasteiger partial charge in [0.15, 0.2) is 0 Å². The first-order chi connectivity index (χ1) is 13.9. The van der Waals surface area contributed by atoms with Crippen molar-refractivity contribution in [2.45, 2.75) is 25.4 Å². The molecule has 1 saturated heterocycles. The van der Waals surface area contributed by atoms with E-state index in [1.54, 1.807) is 11.1 Å². The van der Waals surface area contributed by atoms with Gasteiger partial charge in [-0.2, -0.15) is 0 Å². The smallest absolute Gasteiger partial charge is 0.345 e. The molecule has 0 radical (unpaired) electrons. The topological polar surface area (TPSA) is 81.1 Å². The van der Waals surface area contributed by atoms with E-state index in [2.05, 4.69) is 15.9 Å². The minimum atomic E-state index is -0.924. The molecular weight excluding hydrogens is 476 g/mol. The Kier molecular flexibility index (Phi) is 8.14. The van der Waals surface area contributed by atoms with Crippen LogP contribution in [0, 0.1) is 0 Å². The number of rotatable bonds is 9. The van der Waals surface area contributed by atoms with E-state index in [4.69, 9.17) is 5.11 Å². The van der Waals surface area contributed by atoms with Gasteiger partial charge in [0.05, 0.1) is 6.10 Å². The number of aliphatic hydroxyl groups excluding tert-OH is 1. The van der Waals surface area contributed by atoms with Crippen LogP contribution in [0.15, 0.2) is 40.9 Å². The number of aliphatic hydroxyl groups is 1. The van der Waals surface area contributed by atoms with Gasteiger partial charge in [0.1, 0.15) is 4.88 Å². The van der Waals surface area contributed by atoms with E-state index in [9.17, 15) is 14.7 Å². The number of thiophene rings is 1. The van der Waals surface area contributed by atoms with Crippen LogP contribution in [0.1, 0.15) is 26.5 Å². The van der Waals surface area contributed by atoms with Crippen LogP contribution in [0.4, 0.5) is 4.79 Å². The summed E-state index contributed by atoms with van der Waals surface area (Å²) in [5.41, 5.74) is 1.07. The largest absolute Gasteiger partial charge is 0.477 e. The Morgan fingerprint density at radius 2 is 2.07 bits per heavy atom. The average molecular weight is 499 g/mol. The van der Waals surface area contributed by atoms with E-state index in [1.165, 1.54) is 23.1 Å². The second kappa shape index (κ2) is 10.6. The lowest BCUT2D eigenvalue weighted by molar-refractivity contribution is 0.0148. The molecule has 0 saturated carbocycles. The molecule has 0 aliphatic carbocycles. The number of aromatic carboxylic acids is 1. The number of thioether (sulfide) groups is 1. The van der Waals surface area contributed by atoms with Crippen LogP contribution in [0.5, 0.6) is 0 Å². The van der Waals surface area contributed by atoms with Crippen LogP contribution in [-0.2, 0) is 12.8 Å². The summed E-state index contributed by atoms with van der Waals surface area (Å²) in [6.45, 7) is 1.87. The number of nitrogens with zero attached hydrogens (tertiary/aromatic N) is 2. The molecule has 0 bridgehead atoms. The summed E-state index contributed by atoms with van der Waals surface area (Å²) in [4.78, 5) is 24.7. The van der Waals surface area contributed by atoms with E-state index in [0.29, 0.717) is 37.2 Å². The van der Waals surface area contributed by atoms with Crippen LogP contribution in [0.25, 0.3) is 0 Å². The first kappa shape index (κ1) is 22.3. The predicted molar refractivity (Wildman–Crippen MR) is 120 cm³/mol. The molecule has 1 aromatic carbocycles. The third kappa shape index (κ3) is 6.55. The van der Waals surface area contributed by atoms with Gasteiger partial charge >= 0.3 is 5.97 Å². The Balaban J connectivity index is 1.53. The molecule has 1 fully saturated rings. The molecule has 3 rings (SSSR count). The number of benzene rings is 1. The Labute approximate surface area is 186 Å². The molecule has 29 heavy (non-hydrogen) atoms. The maximum atomic E-state index is 12.4. The van der Waals surface area contributed by atoms with E-state index >= 15 is 0 Å². The van der Waals surface area contributed by atoms with Crippen LogP contribution >= 0.6 is 39.0 Å². The Bertz CT molecular complexity index is 861. The minimum Gasteiger partial charge on any atom is -0.477 e. The zero-order valence-electron chi connectivity index (χ0n) is 15.8. The molecule has 9 heteroatoms. The maximum absolute atomic E-state index is 12.4. The van der Waals surface area contributed by atoms with Crippen molar-refractivity contribution in [3.8, 4) is 0 Å². The van der Waals surface area contributed by atoms with Gasteiger partial charge in [-0.25, -0.2) is 9.80 Å². The molecule has 6 nitrogen and oxygen atoms in total. The zero-order valence-corrected chi connectivity index (χ0v) is 19.0. The van der Waals surface area contributed by atoms with E-state index < -0.39 is 12.1 Å². The lowest BCUT2D eigenvalue weighted by atomic mass is 10.1. The number of hydrogen-bond donors (Lipinski definition) is 2. The number of hydrogen-bond acceptors (Lipinski definition) is 6. The fraction of sp³-hybridized carbons (Fsp3) is 0.400. The van der Waals surface area contributed by atoms with Crippen molar-refractivity contribution in [2.75, 3.05) is 25.4 Å². The van der Waals surface area contributed by atoms with Crippen molar-refractivity contribution in [3.63, 3.8) is 0 Å². The monoisotopic (exact) mass is 498 g/mol. The van der Waals surface area contributed by atoms with Crippen molar-refractivity contribution < 1.29 is 19.8 Å². The highest BCUT2D eigenvalue weighted by Crippen LogP contribution is 2.22. The summed E-state index contributed by atoms with van der Waals surface area (Å²) in [5.74, 6) is -0.189. The van der Waals surface area contributed by atoms with Crippen LogP contribution in [0.2, 0.25) is 0 Å². The fourth-order valence-electron chi connectivity index (χ4n) is 3.19. The SMILES string of the molecule is O=C(O)c1ccc(CCN2C(=O)SCCN2CCC(O)Cc2cccc(Br)c2)s1. The lowest BCUT2D eigenvalue weighted by Crippen LogP contribution is -2.51. The summed E-state index contributed by atoms with van der Waals surface area (Å²) in [7, 11) is 0. The summed E-state index contributed by atoms with van der Waals surface area (Å²) < 4.78 is 0.992. The number of halogens is 1. The first-order valence-corrected chi connectivity index (χ1v) is 12.0. The fourth-order valence-corrected chi connectivity index (χ4v) is 5.31. The maximum Gasteiger partial charge on any atom is 0.345 e. The third-order valence-electron chi connectivity index (χ3n) is 4.65. The molecular formula is C20H23BrN2O4S2. The minimum absolute atomic E-state index is 0.00717. The predicted octanol–water partition coefficient (Wildman–Crippen LogP) is 4.13. The van der Waals surface area contributed by atoms with Gasteiger partial charge in [0, 0.05) is 41.2 Å². The molecule has 1 aromatic heterocycles. The average Bonchev–Trinajstić information content (AvgIpc) is 3.15. The number of carbonyl (C=O) groups excluding carboxylic acids is 1. The standard InChI is InChI=1S/C20H23BrN2O4S2/c21-15-3-1-2-14(12-15)13-16(24)6-8-22-10-11-28-20(27)23(22)9-7-17-4-5-18(29-17)19(25)26/h1-5,12,16,24H,6-11,13H2,(H,25,26). The first-order valence-electron chi connectivity index (χ1n) is 9.36. The lowest BCUT2D eigenvalue weighted by Gasteiger charge is -2.38. The van der Waals surface area contributed by atoms with Crippen molar-refractivity contribution in [3.05, 3.63) is 56.2 Å². The quantitative estimate of drug-likeness (QED) is 0.540. The van der Waals surface area contributed by atoms with Crippen molar-refractivity contribution >= 4 is 50.2 Å². The van der Waals surface area contributed by atoms with Gasteiger partial charge in [0.2, 0.25) is 0 Å². The molecule has 1 amide bonds. The number of carbonyl (C=O) groups is 2. The normalized spacial score (nSPS) is 16.2. The second-order valence-electron chi connectivity index (χ2n) is 6.79. The highest BCUT2D eigenvalue weighted by Gasteiger charge is 2.27. The number of amides is 1. The van der Waals surface area contributed by atoms with Crippen molar-refractivity contribution in [2.24, 2.45) is 0 Å². The van der Waals surface area contributed by atoms with Gasteiger partial charge in [-0.1, -0.05) is 39.8 Å². The van der Waals surface area contributed by atoms with E-state index in [1.807, 2.05) is 35.3 Å². The molecule has 1 unspecified atom stereocenters. The van der Waals surface area contributed by atoms with Gasteiger partial charge in [-0.15, -0.1) is 11.3 Å². The molecule has 2 N–H and O–H groups in total. The van der Waals surface area contributed by atoms with Crippen LogP contribution < -0.4 is 0 Å². The Morgan fingerprint density at radius 1 is 1.24 bits per heavy atom. The summed E-state index contributed by atoms with van der Waals surface area (Å²) in [6.07, 6.45) is 1.28. The van der Waals surface area contributed by atoms with Gasteiger partial charge in [-0.3, -0.25) is 9.80 Å².